The van der Waals surface area contributed by atoms with Gasteiger partial charge < -0.3 is 24.9 Å². The molecule has 0 bridgehead atoms. The third kappa shape index (κ3) is 3.93. The second kappa shape index (κ2) is 7.91. The summed E-state index contributed by atoms with van der Waals surface area (Å²) < 4.78 is 39.6. The number of pyridine rings is 1. The van der Waals surface area contributed by atoms with Crippen molar-refractivity contribution in [2.75, 3.05) is 25.1 Å². The summed E-state index contributed by atoms with van der Waals surface area (Å²) in [6.45, 7) is 2.88. The van der Waals surface area contributed by atoms with E-state index in [9.17, 15) is 8.78 Å². The Kier molecular flexibility index (Phi) is 5.29. The Morgan fingerprint density at radius 3 is 2.83 bits per heavy atom. The van der Waals surface area contributed by atoms with Gasteiger partial charge >= 0.3 is 0 Å². The lowest BCUT2D eigenvalue weighted by Crippen LogP contribution is -2.43. The maximum absolute atomic E-state index is 14.7. The highest BCUT2D eigenvalue weighted by Gasteiger charge is 2.34. The molecule has 158 valence electrons. The summed E-state index contributed by atoms with van der Waals surface area (Å²) in [4.78, 5) is 11.3. The van der Waals surface area contributed by atoms with Gasteiger partial charge in [0.2, 0.25) is 0 Å². The largest absolute Gasteiger partial charge is 0.461 e. The van der Waals surface area contributed by atoms with Crippen LogP contribution in [0.3, 0.4) is 0 Å². The normalized spacial score (nSPS) is 18.9. The first-order valence-electron chi connectivity index (χ1n) is 9.56. The van der Waals surface area contributed by atoms with Crippen LogP contribution in [0.5, 0.6) is 11.5 Å². The van der Waals surface area contributed by atoms with Crippen molar-refractivity contribution in [2.45, 2.75) is 25.4 Å². The minimum absolute atomic E-state index is 0.0542. The average Bonchev–Trinajstić information content (AvgIpc) is 3.17. The molecule has 1 aliphatic rings. The Labute approximate surface area is 171 Å². The van der Waals surface area contributed by atoms with Crippen molar-refractivity contribution < 1.29 is 23.4 Å². The van der Waals surface area contributed by atoms with E-state index in [4.69, 9.17) is 14.6 Å². The number of amidine groups is 1. The molecule has 4 rings (SSSR count). The topological polar surface area (TPSA) is 91.8 Å². The zero-order valence-corrected chi connectivity index (χ0v) is 16.6. The molecule has 7 nitrogen and oxygen atoms in total. The minimum atomic E-state index is -1.89. The van der Waals surface area contributed by atoms with E-state index >= 15 is 0 Å². The lowest BCUT2D eigenvalue weighted by Gasteiger charge is -2.26. The van der Waals surface area contributed by atoms with Crippen molar-refractivity contribution in [3.63, 3.8) is 0 Å². The van der Waals surface area contributed by atoms with Crippen molar-refractivity contribution in [1.29, 1.82) is 0 Å². The first-order chi connectivity index (χ1) is 14.4. The molecule has 3 N–H and O–H groups in total. The molecule has 0 spiro atoms. The molecule has 0 radical (unpaired) electrons. The fourth-order valence-corrected chi connectivity index (χ4v) is 3.17. The SMILES string of the molecule is CC(C)c1c[nH]c2nccc(Oc3ccc(NC4=NCC(F)(CO)CO4)cc3F)c12. The van der Waals surface area contributed by atoms with Crippen LogP contribution in [0.25, 0.3) is 11.0 Å². The van der Waals surface area contributed by atoms with Crippen molar-refractivity contribution in [2.24, 2.45) is 4.99 Å². The Bertz CT molecular complexity index is 1100. The molecule has 1 aromatic carbocycles. The van der Waals surface area contributed by atoms with E-state index in [1.165, 1.54) is 12.1 Å². The number of ether oxygens (including phenoxy) is 2. The van der Waals surface area contributed by atoms with E-state index in [2.05, 4.69) is 34.1 Å². The van der Waals surface area contributed by atoms with E-state index in [0.29, 0.717) is 17.1 Å². The number of alkyl halides is 1. The average molecular weight is 416 g/mol. The van der Waals surface area contributed by atoms with Crippen LogP contribution in [0.15, 0.2) is 41.7 Å². The Balaban J connectivity index is 1.54. The van der Waals surface area contributed by atoms with Crippen LogP contribution in [0.1, 0.15) is 25.3 Å². The number of aliphatic imine (C=N–C) groups is 1. The zero-order valence-electron chi connectivity index (χ0n) is 16.6. The van der Waals surface area contributed by atoms with Gasteiger partial charge in [0, 0.05) is 24.1 Å². The van der Waals surface area contributed by atoms with Crippen LogP contribution in [0.4, 0.5) is 14.5 Å². The van der Waals surface area contributed by atoms with Gasteiger partial charge in [0.05, 0.1) is 18.5 Å². The van der Waals surface area contributed by atoms with Crippen LogP contribution in [0.2, 0.25) is 0 Å². The van der Waals surface area contributed by atoms with E-state index in [0.717, 1.165) is 10.9 Å². The van der Waals surface area contributed by atoms with Gasteiger partial charge in [-0.05, 0) is 29.7 Å². The van der Waals surface area contributed by atoms with Crippen molar-refractivity contribution >= 4 is 22.7 Å². The highest BCUT2D eigenvalue weighted by Crippen LogP contribution is 2.35. The summed E-state index contributed by atoms with van der Waals surface area (Å²) in [6, 6.07) is 6.09. The molecule has 9 heteroatoms. The van der Waals surface area contributed by atoms with E-state index in [1.807, 2.05) is 6.20 Å². The quantitative estimate of drug-likeness (QED) is 0.582. The summed E-state index contributed by atoms with van der Waals surface area (Å²) >= 11 is 0. The highest BCUT2D eigenvalue weighted by molar-refractivity contribution is 5.90. The van der Waals surface area contributed by atoms with Gasteiger partial charge in [-0.1, -0.05) is 13.8 Å². The smallest absolute Gasteiger partial charge is 0.289 e. The fraction of sp³-hybridized carbons (Fsp3) is 0.333. The third-order valence-electron chi connectivity index (χ3n) is 4.85. The predicted molar refractivity (Wildman–Crippen MR) is 109 cm³/mol. The molecule has 3 aromatic rings. The van der Waals surface area contributed by atoms with Crippen molar-refractivity contribution in [1.82, 2.24) is 9.97 Å². The van der Waals surface area contributed by atoms with Crippen LogP contribution in [0, 0.1) is 5.82 Å². The molecular formula is C21H22F2N4O3. The molecule has 0 saturated carbocycles. The maximum atomic E-state index is 14.7. The number of aliphatic hydroxyl groups is 1. The van der Waals surface area contributed by atoms with E-state index < -0.39 is 18.1 Å². The summed E-state index contributed by atoms with van der Waals surface area (Å²) in [5.41, 5.74) is 0.190. The molecule has 0 fully saturated rings. The number of aromatic amines is 1. The molecule has 30 heavy (non-hydrogen) atoms. The standard InChI is InChI=1S/C21H22F2N4O3/c1-12(2)14-8-25-19-18(14)17(5-6-24-19)30-16-4-3-13(7-15(16)22)27-20-26-9-21(23,10-28)11-29-20/h3-8,12,28H,9-11H2,1-2H3,(H,24,25)(H,26,27). The number of benzene rings is 1. The molecule has 0 aliphatic carbocycles. The summed E-state index contributed by atoms with van der Waals surface area (Å²) in [6.07, 6.45) is 3.48. The number of aromatic nitrogens is 2. The van der Waals surface area contributed by atoms with E-state index in [1.54, 1.807) is 18.3 Å². The number of rotatable bonds is 5. The number of nitrogens with one attached hydrogen (secondary N) is 2. The lowest BCUT2D eigenvalue weighted by atomic mass is 10.0. The number of H-pyrrole nitrogens is 1. The van der Waals surface area contributed by atoms with Crippen LogP contribution in [-0.2, 0) is 4.74 Å². The van der Waals surface area contributed by atoms with Gasteiger partial charge in [-0.15, -0.1) is 0 Å². The lowest BCUT2D eigenvalue weighted by molar-refractivity contribution is 0.0181. The Morgan fingerprint density at radius 2 is 2.17 bits per heavy atom. The zero-order chi connectivity index (χ0) is 21.3. The molecule has 2 aromatic heterocycles. The third-order valence-corrected chi connectivity index (χ3v) is 4.85. The fourth-order valence-electron chi connectivity index (χ4n) is 3.17. The number of aliphatic hydroxyl groups excluding tert-OH is 1. The molecule has 1 unspecified atom stereocenters. The first-order valence-corrected chi connectivity index (χ1v) is 9.56. The number of nitrogens with zero attached hydrogens (tertiary/aromatic N) is 2. The Hall–Kier alpha value is -3.20. The van der Waals surface area contributed by atoms with Crippen LogP contribution in [-0.4, -0.2) is 46.5 Å². The highest BCUT2D eigenvalue weighted by atomic mass is 19.1. The molecule has 1 atom stereocenters. The summed E-state index contributed by atoms with van der Waals surface area (Å²) in [5, 5.41) is 12.6. The first kappa shape index (κ1) is 20.1. The van der Waals surface area contributed by atoms with Crippen molar-refractivity contribution in [3.8, 4) is 11.5 Å². The van der Waals surface area contributed by atoms with Gasteiger partial charge in [0.15, 0.2) is 17.2 Å². The molecule has 0 amide bonds. The number of fused-ring (bicyclic) bond motifs is 1. The van der Waals surface area contributed by atoms with Gasteiger partial charge in [-0.3, -0.25) is 0 Å². The van der Waals surface area contributed by atoms with Gasteiger partial charge in [-0.2, -0.15) is 0 Å². The molecule has 0 saturated heterocycles. The minimum Gasteiger partial charge on any atom is -0.461 e. The molecular weight excluding hydrogens is 394 g/mol. The van der Waals surface area contributed by atoms with Crippen molar-refractivity contribution in [3.05, 3.63) is 48.0 Å². The van der Waals surface area contributed by atoms with Gasteiger partial charge in [0.25, 0.3) is 6.02 Å². The number of hydrogen-bond acceptors (Lipinski definition) is 6. The maximum Gasteiger partial charge on any atom is 0.289 e. The number of halogens is 2. The second-order valence-electron chi connectivity index (χ2n) is 7.52. The van der Waals surface area contributed by atoms with Crippen LogP contribution >= 0.6 is 0 Å². The molecule has 3 heterocycles. The number of anilines is 1. The summed E-state index contributed by atoms with van der Waals surface area (Å²) in [5.74, 6) is 0.219. The van der Waals surface area contributed by atoms with E-state index in [-0.39, 0.29) is 30.8 Å². The molecule has 1 aliphatic heterocycles. The second-order valence-corrected chi connectivity index (χ2v) is 7.52. The predicted octanol–water partition coefficient (Wildman–Crippen LogP) is 4.12. The summed E-state index contributed by atoms with van der Waals surface area (Å²) in [7, 11) is 0. The number of hydrogen-bond donors (Lipinski definition) is 3. The van der Waals surface area contributed by atoms with Gasteiger partial charge in [-0.25, -0.2) is 18.8 Å². The monoisotopic (exact) mass is 416 g/mol. The Morgan fingerprint density at radius 1 is 1.33 bits per heavy atom. The van der Waals surface area contributed by atoms with Crippen LogP contribution < -0.4 is 10.1 Å². The van der Waals surface area contributed by atoms with Gasteiger partial charge in [0.1, 0.15) is 18.0 Å².